The van der Waals surface area contributed by atoms with Crippen LogP contribution < -0.4 is 11.3 Å². The Balaban J connectivity index is 1.83. The Morgan fingerprint density at radius 1 is 1.11 bits per heavy atom. The molecule has 3 N–H and O–H groups in total. The van der Waals surface area contributed by atoms with Gasteiger partial charge in [-0.1, -0.05) is 25.7 Å². The molecule has 2 aliphatic rings. The fourth-order valence-electron chi connectivity index (χ4n) is 3.89. The number of hydrazine groups is 1. The van der Waals surface area contributed by atoms with Crippen molar-refractivity contribution in [2.75, 3.05) is 6.61 Å². The fraction of sp³-hybridized carbons (Fsp3) is 1.00. The summed E-state index contributed by atoms with van der Waals surface area (Å²) in [5.41, 5.74) is 3.00. The third kappa shape index (κ3) is 3.69. The van der Waals surface area contributed by atoms with Gasteiger partial charge >= 0.3 is 0 Å². The lowest BCUT2D eigenvalue weighted by Crippen LogP contribution is -2.47. The van der Waals surface area contributed by atoms with E-state index in [4.69, 9.17) is 10.6 Å². The number of rotatable bonds is 5. The van der Waals surface area contributed by atoms with E-state index in [1.54, 1.807) is 0 Å². The number of hydrogen-bond acceptors (Lipinski definition) is 3. The molecule has 3 heteroatoms. The zero-order valence-corrected chi connectivity index (χ0v) is 12.0. The number of hydrogen-bond donors (Lipinski definition) is 2. The lowest BCUT2D eigenvalue weighted by molar-refractivity contribution is 0.0278. The van der Waals surface area contributed by atoms with Gasteiger partial charge in [0.2, 0.25) is 0 Å². The van der Waals surface area contributed by atoms with Gasteiger partial charge in [0.25, 0.3) is 0 Å². The molecule has 0 bridgehead atoms. The van der Waals surface area contributed by atoms with Gasteiger partial charge in [-0.25, -0.2) is 0 Å². The number of nitrogens with two attached hydrogens (primary N) is 1. The Labute approximate surface area is 112 Å². The third-order valence-corrected chi connectivity index (χ3v) is 4.97. The Kier molecular flexibility index (Phi) is 5.46. The topological polar surface area (TPSA) is 47.3 Å². The van der Waals surface area contributed by atoms with Crippen LogP contribution in [0.5, 0.6) is 0 Å². The SMILES string of the molecule is CC(C)OCC(NN)C1CCC2CCCCC2C1. The van der Waals surface area contributed by atoms with Crippen molar-refractivity contribution in [2.24, 2.45) is 23.6 Å². The summed E-state index contributed by atoms with van der Waals surface area (Å²) in [6.45, 7) is 4.94. The second-order valence-corrected chi connectivity index (χ2v) is 6.53. The normalized spacial score (nSPS) is 34.3. The fourth-order valence-corrected chi connectivity index (χ4v) is 3.89. The van der Waals surface area contributed by atoms with Crippen molar-refractivity contribution in [1.82, 2.24) is 5.43 Å². The maximum absolute atomic E-state index is 5.74. The molecule has 0 heterocycles. The lowest BCUT2D eigenvalue weighted by atomic mass is 9.66. The minimum Gasteiger partial charge on any atom is -0.377 e. The maximum Gasteiger partial charge on any atom is 0.0639 e. The molecule has 2 rings (SSSR count). The zero-order chi connectivity index (χ0) is 13.0. The Bertz CT molecular complexity index is 245. The second kappa shape index (κ2) is 6.88. The van der Waals surface area contributed by atoms with Crippen molar-refractivity contribution in [3.63, 3.8) is 0 Å². The first-order chi connectivity index (χ1) is 8.70. The molecule has 0 saturated heterocycles. The molecular formula is C15H30N2O. The van der Waals surface area contributed by atoms with Crippen LogP contribution in [0.25, 0.3) is 0 Å². The summed E-state index contributed by atoms with van der Waals surface area (Å²) in [6.07, 6.45) is 10.2. The van der Waals surface area contributed by atoms with Crippen LogP contribution in [-0.4, -0.2) is 18.8 Å². The average Bonchev–Trinajstić information content (AvgIpc) is 2.39. The van der Waals surface area contributed by atoms with Crippen LogP contribution in [-0.2, 0) is 4.74 Å². The van der Waals surface area contributed by atoms with Crippen LogP contribution in [0.4, 0.5) is 0 Å². The van der Waals surface area contributed by atoms with Gasteiger partial charge in [0, 0.05) is 6.04 Å². The third-order valence-electron chi connectivity index (χ3n) is 4.97. The molecule has 2 saturated carbocycles. The molecule has 3 nitrogen and oxygen atoms in total. The standard InChI is InChI=1S/C15H30N2O/c1-11(2)18-10-15(17-16)14-8-7-12-5-3-4-6-13(12)9-14/h11-15,17H,3-10,16H2,1-2H3. The van der Waals surface area contributed by atoms with Crippen molar-refractivity contribution in [1.29, 1.82) is 0 Å². The van der Waals surface area contributed by atoms with Crippen LogP contribution >= 0.6 is 0 Å². The molecule has 2 fully saturated rings. The van der Waals surface area contributed by atoms with Crippen molar-refractivity contribution in [2.45, 2.75) is 70.9 Å². The van der Waals surface area contributed by atoms with Crippen LogP contribution in [0, 0.1) is 17.8 Å². The molecule has 18 heavy (non-hydrogen) atoms. The predicted molar refractivity (Wildman–Crippen MR) is 75.0 cm³/mol. The van der Waals surface area contributed by atoms with Crippen LogP contribution in [0.3, 0.4) is 0 Å². The molecule has 4 atom stereocenters. The molecule has 0 amide bonds. The Morgan fingerprint density at radius 2 is 1.83 bits per heavy atom. The molecule has 0 aliphatic heterocycles. The van der Waals surface area contributed by atoms with E-state index in [1.807, 2.05) is 0 Å². The molecule has 0 radical (unpaired) electrons. The maximum atomic E-state index is 5.74. The van der Waals surface area contributed by atoms with Gasteiger partial charge in [-0.2, -0.15) is 0 Å². The van der Waals surface area contributed by atoms with Gasteiger partial charge in [-0.05, 0) is 50.9 Å². The van der Waals surface area contributed by atoms with Gasteiger partial charge < -0.3 is 4.74 Å². The van der Waals surface area contributed by atoms with Gasteiger partial charge in [-0.3, -0.25) is 11.3 Å². The van der Waals surface area contributed by atoms with Crippen molar-refractivity contribution in [3.8, 4) is 0 Å². The molecule has 2 aliphatic carbocycles. The van der Waals surface area contributed by atoms with Crippen molar-refractivity contribution >= 4 is 0 Å². The first kappa shape index (κ1) is 14.3. The van der Waals surface area contributed by atoms with E-state index in [1.165, 1.54) is 44.9 Å². The van der Waals surface area contributed by atoms with Gasteiger partial charge in [-0.15, -0.1) is 0 Å². The molecule has 0 aromatic heterocycles. The number of fused-ring (bicyclic) bond motifs is 1. The predicted octanol–water partition coefficient (Wildman–Crippen LogP) is 2.85. The van der Waals surface area contributed by atoms with Gasteiger partial charge in [0.15, 0.2) is 0 Å². The van der Waals surface area contributed by atoms with Crippen molar-refractivity contribution < 1.29 is 4.74 Å². The van der Waals surface area contributed by atoms with E-state index in [2.05, 4.69) is 19.3 Å². The summed E-state index contributed by atoms with van der Waals surface area (Å²) in [6, 6.07) is 0.343. The number of nitrogens with one attached hydrogen (secondary N) is 1. The minimum atomic E-state index is 0.298. The molecule has 0 aromatic carbocycles. The average molecular weight is 254 g/mol. The van der Waals surface area contributed by atoms with E-state index in [-0.39, 0.29) is 0 Å². The second-order valence-electron chi connectivity index (χ2n) is 6.53. The highest BCUT2D eigenvalue weighted by Gasteiger charge is 2.35. The summed E-state index contributed by atoms with van der Waals surface area (Å²) in [4.78, 5) is 0. The van der Waals surface area contributed by atoms with Gasteiger partial charge in [0.1, 0.15) is 0 Å². The van der Waals surface area contributed by atoms with E-state index >= 15 is 0 Å². The monoisotopic (exact) mass is 254 g/mol. The smallest absolute Gasteiger partial charge is 0.0639 e. The first-order valence-corrected chi connectivity index (χ1v) is 7.78. The Morgan fingerprint density at radius 3 is 2.50 bits per heavy atom. The van der Waals surface area contributed by atoms with Crippen LogP contribution in [0.15, 0.2) is 0 Å². The lowest BCUT2D eigenvalue weighted by Gasteiger charge is -2.41. The van der Waals surface area contributed by atoms with E-state index in [0.29, 0.717) is 18.1 Å². The summed E-state index contributed by atoms with van der Waals surface area (Å²) < 4.78 is 5.74. The summed E-state index contributed by atoms with van der Waals surface area (Å²) >= 11 is 0. The summed E-state index contributed by atoms with van der Waals surface area (Å²) in [5, 5.41) is 0. The largest absolute Gasteiger partial charge is 0.377 e. The highest BCUT2D eigenvalue weighted by molar-refractivity contribution is 4.87. The molecule has 0 spiro atoms. The van der Waals surface area contributed by atoms with E-state index < -0.39 is 0 Å². The zero-order valence-electron chi connectivity index (χ0n) is 12.0. The van der Waals surface area contributed by atoms with Crippen LogP contribution in [0.1, 0.15) is 58.8 Å². The van der Waals surface area contributed by atoms with E-state index in [0.717, 1.165) is 18.4 Å². The molecule has 0 aromatic rings. The summed E-state index contributed by atoms with van der Waals surface area (Å²) in [5.74, 6) is 8.42. The van der Waals surface area contributed by atoms with Gasteiger partial charge in [0.05, 0.1) is 12.7 Å². The first-order valence-electron chi connectivity index (χ1n) is 7.78. The number of ether oxygens (including phenoxy) is 1. The minimum absolute atomic E-state index is 0.298. The van der Waals surface area contributed by atoms with E-state index in [9.17, 15) is 0 Å². The molecular weight excluding hydrogens is 224 g/mol. The van der Waals surface area contributed by atoms with Crippen LogP contribution in [0.2, 0.25) is 0 Å². The highest BCUT2D eigenvalue weighted by atomic mass is 16.5. The quantitative estimate of drug-likeness (QED) is 0.586. The molecule has 106 valence electrons. The van der Waals surface area contributed by atoms with Crippen molar-refractivity contribution in [3.05, 3.63) is 0 Å². The molecule has 4 unspecified atom stereocenters. The Hall–Kier alpha value is -0.120. The highest BCUT2D eigenvalue weighted by Crippen LogP contribution is 2.43. The summed E-state index contributed by atoms with van der Waals surface area (Å²) in [7, 11) is 0.